The minimum absolute atomic E-state index is 0.139. The number of benzene rings is 1. The Hall–Kier alpha value is -2.54. The zero-order valence-electron chi connectivity index (χ0n) is 18.2. The van der Waals surface area contributed by atoms with Crippen molar-refractivity contribution in [2.24, 2.45) is 0 Å². The third-order valence-corrected chi connectivity index (χ3v) is 6.79. The van der Waals surface area contributed by atoms with Crippen molar-refractivity contribution in [2.75, 3.05) is 49.7 Å². The summed E-state index contributed by atoms with van der Waals surface area (Å²) in [6.45, 7) is 8.66. The third-order valence-electron chi connectivity index (χ3n) is 6.79. The van der Waals surface area contributed by atoms with Gasteiger partial charge in [-0.1, -0.05) is 6.07 Å². The first-order chi connectivity index (χ1) is 14.5. The van der Waals surface area contributed by atoms with E-state index < -0.39 is 0 Å². The van der Waals surface area contributed by atoms with Crippen molar-refractivity contribution < 1.29 is 9.53 Å². The first kappa shape index (κ1) is 19.4. The fourth-order valence-corrected chi connectivity index (χ4v) is 5.02. The summed E-state index contributed by atoms with van der Waals surface area (Å²) in [5.74, 6) is 1.17. The smallest absolute Gasteiger partial charge is 0.219 e. The lowest BCUT2D eigenvalue weighted by Crippen LogP contribution is -2.38. The maximum atomic E-state index is 12.1. The number of hydrogen-bond donors (Lipinski definition) is 0. The maximum Gasteiger partial charge on any atom is 0.219 e. The van der Waals surface area contributed by atoms with Crippen LogP contribution in [0.4, 0.5) is 17.2 Å². The van der Waals surface area contributed by atoms with Gasteiger partial charge in [-0.15, -0.1) is 0 Å². The molecule has 1 aromatic carbocycles. The van der Waals surface area contributed by atoms with Crippen LogP contribution in [0.5, 0.6) is 0 Å². The summed E-state index contributed by atoms with van der Waals surface area (Å²) < 4.78 is 7.87. The van der Waals surface area contributed by atoms with Crippen LogP contribution in [0.15, 0.2) is 18.2 Å². The van der Waals surface area contributed by atoms with Crippen molar-refractivity contribution in [3.8, 4) is 0 Å². The lowest BCUT2D eigenvalue weighted by molar-refractivity contribution is -0.129. The van der Waals surface area contributed by atoms with E-state index in [2.05, 4.69) is 46.7 Å². The van der Waals surface area contributed by atoms with Crippen molar-refractivity contribution in [3.63, 3.8) is 0 Å². The second-order valence-corrected chi connectivity index (χ2v) is 8.79. The molecule has 30 heavy (non-hydrogen) atoms. The monoisotopic (exact) mass is 409 g/mol. The van der Waals surface area contributed by atoms with Crippen LogP contribution in [0.25, 0.3) is 0 Å². The molecule has 0 spiro atoms. The van der Waals surface area contributed by atoms with Gasteiger partial charge in [-0.2, -0.15) is 5.10 Å². The highest BCUT2D eigenvalue weighted by Gasteiger charge is 2.33. The zero-order valence-corrected chi connectivity index (χ0v) is 18.2. The lowest BCUT2D eigenvalue weighted by atomic mass is 10.0. The highest BCUT2D eigenvalue weighted by atomic mass is 16.5. The fourth-order valence-electron chi connectivity index (χ4n) is 5.02. The van der Waals surface area contributed by atoms with Crippen LogP contribution in [0.1, 0.15) is 42.6 Å². The summed E-state index contributed by atoms with van der Waals surface area (Å²) in [7, 11) is 2.16. The van der Waals surface area contributed by atoms with E-state index in [9.17, 15) is 4.79 Å². The minimum Gasteiger partial charge on any atom is -0.381 e. The summed E-state index contributed by atoms with van der Waals surface area (Å²) >= 11 is 0. The molecule has 2 aromatic rings. The Balaban J connectivity index is 1.61. The molecule has 160 valence electrons. The van der Waals surface area contributed by atoms with Crippen molar-refractivity contribution in [1.29, 1.82) is 0 Å². The van der Waals surface area contributed by atoms with Gasteiger partial charge >= 0.3 is 0 Å². The molecule has 0 saturated carbocycles. The number of anilines is 3. The predicted octanol–water partition coefficient (Wildman–Crippen LogP) is 3.04. The second kappa shape index (κ2) is 7.61. The third kappa shape index (κ3) is 3.25. The van der Waals surface area contributed by atoms with Crippen molar-refractivity contribution in [2.45, 2.75) is 45.7 Å². The summed E-state index contributed by atoms with van der Waals surface area (Å²) in [6.07, 6.45) is 2.87. The summed E-state index contributed by atoms with van der Waals surface area (Å²) in [6, 6.07) is 7.03. The molecule has 7 heteroatoms. The maximum absolute atomic E-state index is 12.1. The number of rotatable bonds is 2. The van der Waals surface area contributed by atoms with Crippen LogP contribution < -0.4 is 9.80 Å². The Morgan fingerprint density at radius 1 is 1.13 bits per heavy atom. The molecule has 5 rings (SSSR count). The van der Waals surface area contributed by atoms with Gasteiger partial charge in [0.25, 0.3) is 0 Å². The first-order valence-corrected chi connectivity index (χ1v) is 11.1. The molecule has 0 unspecified atom stereocenters. The number of fused-ring (bicyclic) bond motifs is 2. The zero-order chi connectivity index (χ0) is 20.8. The molecule has 3 aliphatic heterocycles. The van der Waals surface area contributed by atoms with E-state index in [-0.39, 0.29) is 5.91 Å². The molecular weight excluding hydrogens is 378 g/mol. The van der Waals surface area contributed by atoms with Gasteiger partial charge in [0.05, 0.1) is 24.0 Å². The van der Waals surface area contributed by atoms with Gasteiger partial charge in [0, 0.05) is 64.5 Å². The highest BCUT2D eigenvalue weighted by Crippen LogP contribution is 2.41. The van der Waals surface area contributed by atoms with Crippen LogP contribution in [0, 0.1) is 6.92 Å². The number of amides is 1. The quantitative estimate of drug-likeness (QED) is 0.763. The normalized spacial score (nSPS) is 19.6. The number of ether oxygens (including phenoxy) is 1. The molecule has 1 amide bonds. The predicted molar refractivity (Wildman–Crippen MR) is 118 cm³/mol. The number of hydrogen-bond acceptors (Lipinski definition) is 5. The van der Waals surface area contributed by atoms with Gasteiger partial charge in [0.2, 0.25) is 5.91 Å². The molecule has 4 heterocycles. The summed E-state index contributed by atoms with van der Waals surface area (Å²) in [4.78, 5) is 18.8. The van der Waals surface area contributed by atoms with Crippen LogP contribution in [0.3, 0.4) is 0 Å². The van der Waals surface area contributed by atoms with E-state index in [0.29, 0.717) is 12.6 Å². The van der Waals surface area contributed by atoms with Crippen molar-refractivity contribution in [3.05, 3.63) is 35.0 Å². The molecule has 0 bridgehead atoms. The lowest BCUT2D eigenvalue weighted by Gasteiger charge is -2.37. The molecule has 1 aromatic heterocycles. The molecule has 7 nitrogen and oxygen atoms in total. The first-order valence-electron chi connectivity index (χ1n) is 11.1. The molecule has 1 fully saturated rings. The van der Waals surface area contributed by atoms with Crippen molar-refractivity contribution >= 4 is 23.1 Å². The number of carbonyl (C=O) groups excluding carboxylic acids is 1. The highest BCUT2D eigenvalue weighted by molar-refractivity contribution is 5.80. The second-order valence-electron chi connectivity index (χ2n) is 8.79. The fraction of sp³-hybridized carbons (Fsp3) is 0.565. The number of aryl methyl sites for hydroxylation is 1. The van der Waals surface area contributed by atoms with Gasteiger partial charge in [0.15, 0.2) is 5.82 Å². The molecule has 0 aliphatic carbocycles. The summed E-state index contributed by atoms with van der Waals surface area (Å²) in [5.41, 5.74) is 6.24. The van der Waals surface area contributed by atoms with E-state index in [0.717, 1.165) is 57.9 Å². The number of carbonyl (C=O) groups is 1. The molecule has 3 aliphatic rings. The molecule has 0 radical (unpaired) electrons. The average molecular weight is 410 g/mol. The van der Waals surface area contributed by atoms with Gasteiger partial charge in [-0.3, -0.25) is 9.48 Å². The van der Waals surface area contributed by atoms with Gasteiger partial charge in [0.1, 0.15) is 0 Å². The van der Waals surface area contributed by atoms with Crippen LogP contribution in [-0.4, -0.2) is 60.5 Å². The molecule has 0 atom stereocenters. The largest absolute Gasteiger partial charge is 0.381 e. The molecule has 1 saturated heterocycles. The van der Waals surface area contributed by atoms with E-state index in [1.807, 2.05) is 4.90 Å². The van der Waals surface area contributed by atoms with E-state index in [1.54, 1.807) is 6.92 Å². The van der Waals surface area contributed by atoms with Crippen molar-refractivity contribution in [1.82, 2.24) is 14.7 Å². The Bertz CT molecular complexity index is 963. The average Bonchev–Trinajstić information content (AvgIpc) is 3.14. The minimum atomic E-state index is 0.139. The van der Waals surface area contributed by atoms with Gasteiger partial charge < -0.3 is 19.4 Å². The van der Waals surface area contributed by atoms with E-state index >= 15 is 0 Å². The Kier molecular flexibility index (Phi) is 4.93. The van der Waals surface area contributed by atoms with Gasteiger partial charge in [-0.05, 0) is 37.5 Å². The van der Waals surface area contributed by atoms with Crippen LogP contribution >= 0.6 is 0 Å². The Morgan fingerprint density at radius 2 is 1.93 bits per heavy atom. The molecular formula is C23H31N5O2. The molecule has 0 N–H and O–H groups in total. The number of likely N-dealkylation sites (N-methyl/N-ethyl adjacent to an activating group) is 1. The number of aromatic nitrogens is 2. The topological polar surface area (TPSA) is 53.8 Å². The van der Waals surface area contributed by atoms with Gasteiger partial charge in [-0.25, -0.2) is 0 Å². The standard InChI is InChI=1S/C23H31N5O2/c1-16-4-5-21-22(14-16)25(3)10-11-27(21)23-19-15-26(17(2)29)9-6-20(19)28(24-23)18-7-12-30-13-8-18/h4-5,14,18H,6-13,15H2,1-3H3. The van der Waals surface area contributed by atoms with E-state index in [4.69, 9.17) is 9.84 Å². The Labute approximate surface area is 178 Å². The van der Waals surface area contributed by atoms with Crippen LogP contribution in [0.2, 0.25) is 0 Å². The number of nitrogens with zero attached hydrogens (tertiary/aromatic N) is 5. The SMILES string of the molecule is CC(=O)N1CCc2c(c(N3CCN(C)c4cc(C)ccc43)nn2C2CCOCC2)C1. The van der Waals surface area contributed by atoms with Crippen LogP contribution in [-0.2, 0) is 22.5 Å². The van der Waals surface area contributed by atoms with E-state index in [1.165, 1.54) is 28.2 Å². The summed E-state index contributed by atoms with van der Waals surface area (Å²) in [5, 5.41) is 5.21. The Morgan fingerprint density at radius 3 is 2.70 bits per heavy atom.